The summed E-state index contributed by atoms with van der Waals surface area (Å²) < 4.78 is 9.91. The number of carbonyl (C=O) groups excluding carboxylic acids is 5. The molecule has 0 amide bonds. The van der Waals surface area contributed by atoms with Crippen LogP contribution in [-0.4, -0.2) is 49.1 Å². The SMILES string of the molecule is CC(=O)CC(C)=O.COc1ccc(C=C(C(C)=O)C(C)=O)cc1.COc1ccc(C=O)cc1.O. The molecule has 0 heterocycles. The summed E-state index contributed by atoms with van der Waals surface area (Å²) in [6.45, 7) is 5.58. The standard InChI is InChI=1S/C13H14O3.C8H8O2.C5H8O2.H2O/c1-9(14)13(10(2)15)8-11-4-6-12(16-3)7-5-11;1-10-8-4-2-7(6-9)3-5-8;1-4(6)3-5(2)7;/h4-8H,1-3H3;2-6H,1H3;3H2,1-2H3;1H2. The summed E-state index contributed by atoms with van der Waals surface area (Å²) in [4.78, 5) is 52.6. The molecule has 2 rings (SSSR count). The molecule has 0 fully saturated rings. The predicted molar refractivity (Wildman–Crippen MR) is 130 cm³/mol. The van der Waals surface area contributed by atoms with Gasteiger partial charge in [-0.25, -0.2) is 0 Å². The van der Waals surface area contributed by atoms with Gasteiger partial charge in [-0.2, -0.15) is 0 Å². The Morgan fingerprint density at radius 2 is 1.03 bits per heavy atom. The summed E-state index contributed by atoms with van der Waals surface area (Å²) in [6, 6.07) is 14.1. The molecule has 0 radical (unpaired) electrons. The van der Waals surface area contributed by atoms with E-state index in [1.165, 1.54) is 27.7 Å². The van der Waals surface area contributed by atoms with Gasteiger partial charge in [-0.1, -0.05) is 12.1 Å². The average molecular weight is 473 g/mol. The lowest BCUT2D eigenvalue weighted by atomic mass is 10.0. The fourth-order valence-corrected chi connectivity index (χ4v) is 2.35. The minimum Gasteiger partial charge on any atom is -0.497 e. The highest BCUT2D eigenvalue weighted by Crippen LogP contribution is 2.14. The van der Waals surface area contributed by atoms with Crippen LogP contribution in [0.15, 0.2) is 54.1 Å². The minimum atomic E-state index is -0.219. The number of hydrogen-bond acceptors (Lipinski definition) is 7. The Morgan fingerprint density at radius 3 is 1.26 bits per heavy atom. The summed E-state index contributed by atoms with van der Waals surface area (Å²) in [5, 5.41) is 0. The number of methoxy groups -OCH3 is 2. The van der Waals surface area contributed by atoms with Gasteiger partial charge in [-0.05, 0) is 75.7 Å². The van der Waals surface area contributed by atoms with Gasteiger partial charge in [0.1, 0.15) is 29.4 Å². The molecular formula is C26H32O8. The van der Waals surface area contributed by atoms with Crippen LogP contribution < -0.4 is 9.47 Å². The van der Waals surface area contributed by atoms with Gasteiger partial charge < -0.3 is 14.9 Å². The molecule has 0 bridgehead atoms. The third kappa shape index (κ3) is 14.2. The Morgan fingerprint density at radius 1 is 0.676 bits per heavy atom. The summed E-state index contributed by atoms with van der Waals surface area (Å²) >= 11 is 0. The van der Waals surface area contributed by atoms with E-state index >= 15 is 0 Å². The zero-order chi connectivity index (χ0) is 25.4. The van der Waals surface area contributed by atoms with Gasteiger partial charge in [0, 0.05) is 5.56 Å². The highest BCUT2D eigenvalue weighted by Gasteiger charge is 2.08. The molecule has 184 valence electrons. The van der Waals surface area contributed by atoms with Gasteiger partial charge in [0.05, 0.1) is 26.2 Å². The first-order valence-corrected chi connectivity index (χ1v) is 9.99. The molecular weight excluding hydrogens is 440 g/mol. The predicted octanol–water partition coefficient (Wildman–Crippen LogP) is 3.49. The third-order valence-electron chi connectivity index (χ3n) is 3.94. The lowest BCUT2D eigenvalue weighted by Gasteiger charge is -2.01. The smallest absolute Gasteiger partial charge is 0.163 e. The summed E-state index contributed by atoms with van der Waals surface area (Å²) in [5.41, 5.74) is 1.69. The first kappa shape index (κ1) is 32.3. The molecule has 2 aromatic rings. The first-order chi connectivity index (χ1) is 15.5. The van der Waals surface area contributed by atoms with Crippen molar-refractivity contribution in [2.75, 3.05) is 14.2 Å². The van der Waals surface area contributed by atoms with E-state index in [4.69, 9.17) is 9.47 Å². The van der Waals surface area contributed by atoms with Crippen molar-refractivity contribution in [2.24, 2.45) is 0 Å². The minimum absolute atomic E-state index is 0. The van der Waals surface area contributed by atoms with Crippen LogP contribution in [0, 0.1) is 0 Å². The number of Topliss-reactive ketones (excluding diaryl/α,β-unsaturated/α-hetero) is 4. The number of ketones is 4. The maximum absolute atomic E-state index is 11.2. The summed E-state index contributed by atoms with van der Waals surface area (Å²) in [5.74, 6) is 0.946. The van der Waals surface area contributed by atoms with Crippen LogP contribution in [0.2, 0.25) is 0 Å². The molecule has 34 heavy (non-hydrogen) atoms. The number of hydrogen-bond donors (Lipinski definition) is 0. The molecule has 2 aromatic carbocycles. The topological polar surface area (TPSA) is 135 Å². The van der Waals surface area contributed by atoms with E-state index in [0.29, 0.717) is 5.56 Å². The lowest BCUT2D eigenvalue weighted by molar-refractivity contribution is -0.125. The number of rotatable bonds is 8. The number of ether oxygens (including phenoxy) is 2. The quantitative estimate of drug-likeness (QED) is 0.248. The van der Waals surface area contributed by atoms with Crippen molar-refractivity contribution in [1.82, 2.24) is 0 Å². The number of aldehydes is 1. The van der Waals surface area contributed by atoms with Crippen LogP contribution in [0.5, 0.6) is 11.5 Å². The van der Waals surface area contributed by atoms with E-state index in [0.717, 1.165) is 23.3 Å². The molecule has 0 saturated heterocycles. The first-order valence-electron chi connectivity index (χ1n) is 9.99. The van der Waals surface area contributed by atoms with E-state index in [9.17, 15) is 24.0 Å². The number of allylic oxidation sites excluding steroid dienone is 1. The maximum Gasteiger partial charge on any atom is 0.163 e. The Kier molecular flexibility index (Phi) is 16.7. The van der Waals surface area contributed by atoms with Crippen LogP contribution >= 0.6 is 0 Å². The van der Waals surface area contributed by atoms with Crippen LogP contribution in [0.4, 0.5) is 0 Å². The maximum atomic E-state index is 11.2. The summed E-state index contributed by atoms with van der Waals surface area (Å²) in [6.07, 6.45) is 2.48. The second kappa shape index (κ2) is 17.6. The van der Waals surface area contributed by atoms with Crippen LogP contribution in [-0.2, 0) is 19.2 Å². The van der Waals surface area contributed by atoms with E-state index in [2.05, 4.69) is 0 Å². The fourth-order valence-electron chi connectivity index (χ4n) is 2.35. The van der Waals surface area contributed by atoms with Crippen LogP contribution in [0.3, 0.4) is 0 Å². The van der Waals surface area contributed by atoms with E-state index in [1.54, 1.807) is 68.8 Å². The molecule has 0 spiro atoms. The van der Waals surface area contributed by atoms with Gasteiger partial charge in [0.25, 0.3) is 0 Å². The molecule has 8 nitrogen and oxygen atoms in total. The van der Waals surface area contributed by atoms with E-state index < -0.39 is 0 Å². The normalized spacial score (nSPS) is 8.76. The Hall–Kier alpha value is -3.91. The molecule has 0 aliphatic carbocycles. The van der Waals surface area contributed by atoms with Crippen LogP contribution in [0.25, 0.3) is 6.08 Å². The molecule has 0 aliphatic rings. The molecule has 0 aliphatic heterocycles. The number of carbonyl (C=O) groups is 5. The van der Waals surface area contributed by atoms with Gasteiger partial charge in [0.15, 0.2) is 11.6 Å². The Bertz CT molecular complexity index is 943. The van der Waals surface area contributed by atoms with Crippen molar-refractivity contribution in [3.63, 3.8) is 0 Å². The van der Waals surface area contributed by atoms with E-state index in [1.807, 2.05) is 0 Å². The largest absolute Gasteiger partial charge is 0.497 e. The second-order valence-electron chi connectivity index (χ2n) is 6.92. The Balaban J connectivity index is 0. The van der Waals surface area contributed by atoms with Gasteiger partial charge in [-0.3, -0.25) is 24.0 Å². The fraction of sp³-hybridized carbons (Fsp3) is 0.269. The van der Waals surface area contributed by atoms with Gasteiger partial charge in [0.2, 0.25) is 0 Å². The molecule has 0 aromatic heterocycles. The molecule has 0 atom stereocenters. The zero-order valence-electron chi connectivity index (χ0n) is 20.3. The van der Waals surface area contributed by atoms with Crippen molar-refractivity contribution in [3.8, 4) is 11.5 Å². The van der Waals surface area contributed by atoms with Crippen molar-refractivity contribution < 1.29 is 38.9 Å². The molecule has 2 N–H and O–H groups in total. The second-order valence-corrected chi connectivity index (χ2v) is 6.92. The summed E-state index contributed by atoms with van der Waals surface area (Å²) in [7, 11) is 3.18. The van der Waals surface area contributed by atoms with Crippen molar-refractivity contribution in [1.29, 1.82) is 0 Å². The third-order valence-corrected chi connectivity index (χ3v) is 3.94. The number of benzene rings is 2. The molecule has 0 unspecified atom stereocenters. The molecule has 0 saturated carbocycles. The Labute approximate surface area is 199 Å². The van der Waals surface area contributed by atoms with Crippen molar-refractivity contribution in [3.05, 3.63) is 65.2 Å². The van der Waals surface area contributed by atoms with Crippen LogP contribution in [0.1, 0.15) is 50.0 Å². The zero-order valence-corrected chi connectivity index (χ0v) is 20.3. The van der Waals surface area contributed by atoms with Gasteiger partial charge in [-0.15, -0.1) is 0 Å². The lowest BCUT2D eigenvalue weighted by Crippen LogP contribution is -2.05. The van der Waals surface area contributed by atoms with Crippen molar-refractivity contribution in [2.45, 2.75) is 34.1 Å². The van der Waals surface area contributed by atoms with Gasteiger partial charge >= 0.3 is 0 Å². The molecule has 8 heteroatoms. The van der Waals surface area contributed by atoms with Crippen molar-refractivity contribution >= 4 is 35.5 Å². The monoisotopic (exact) mass is 472 g/mol. The highest BCUT2D eigenvalue weighted by atomic mass is 16.5. The van der Waals surface area contributed by atoms with E-state index in [-0.39, 0.29) is 40.6 Å². The highest BCUT2D eigenvalue weighted by molar-refractivity contribution is 6.21. The average Bonchev–Trinajstić information content (AvgIpc) is 2.77.